The maximum Gasteiger partial charge on any atom is 0.410 e. The Morgan fingerprint density at radius 2 is 2.03 bits per heavy atom. The average Bonchev–Trinajstić information content (AvgIpc) is 2.78. The van der Waals surface area contributed by atoms with Gasteiger partial charge in [0.05, 0.1) is 28.8 Å². The number of ether oxygens (including phenoxy) is 2. The highest BCUT2D eigenvalue weighted by Gasteiger charge is 2.29. The maximum absolute atomic E-state index is 15.2. The van der Waals surface area contributed by atoms with Gasteiger partial charge in [0.2, 0.25) is 5.88 Å². The van der Waals surface area contributed by atoms with Crippen molar-refractivity contribution in [3.8, 4) is 5.88 Å². The number of pyridine rings is 1. The predicted molar refractivity (Wildman–Crippen MR) is 140 cm³/mol. The predicted octanol–water partition coefficient (Wildman–Crippen LogP) is 4.89. The molecule has 0 saturated carbocycles. The molecule has 0 aliphatic carbocycles. The summed E-state index contributed by atoms with van der Waals surface area (Å²) in [6.45, 7) is 6.51. The van der Waals surface area contributed by atoms with Gasteiger partial charge < -0.3 is 14.4 Å². The number of hydrogen-bond acceptors (Lipinski definition) is 8. The van der Waals surface area contributed by atoms with Gasteiger partial charge in [-0.05, 0) is 45.7 Å². The van der Waals surface area contributed by atoms with E-state index in [0.717, 1.165) is 18.4 Å². The third kappa shape index (κ3) is 7.12. The van der Waals surface area contributed by atoms with E-state index in [1.807, 2.05) is 26.8 Å². The summed E-state index contributed by atoms with van der Waals surface area (Å²) in [5.41, 5.74) is 1.27. The number of rotatable bonds is 5. The van der Waals surface area contributed by atoms with Crippen molar-refractivity contribution in [2.24, 2.45) is 4.36 Å². The Hall–Kier alpha value is -3.34. The van der Waals surface area contributed by atoms with Gasteiger partial charge >= 0.3 is 6.09 Å². The van der Waals surface area contributed by atoms with Crippen LogP contribution in [0.4, 0.5) is 14.9 Å². The van der Waals surface area contributed by atoms with E-state index in [-0.39, 0.29) is 29.7 Å². The molecule has 3 aromatic rings. The zero-order valence-corrected chi connectivity index (χ0v) is 22.5. The molecule has 11 heteroatoms. The molecule has 1 amide bonds. The third-order valence-electron chi connectivity index (χ3n) is 5.59. The van der Waals surface area contributed by atoms with Gasteiger partial charge in [-0.3, -0.25) is 0 Å². The first-order valence-corrected chi connectivity index (χ1v) is 14.4. The van der Waals surface area contributed by atoms with Gasteiger partial charge in [0.15, 0.2) is 0 Å². The molecule has 1 aliphatic heterocycles. The van der Waals surface area contributed by atoms with Crippen LogP contribution in [0.1, 0.15) is 44.9 Å². The zero-order valence-electron chi connectivity index (χ0n) is 21.7. The van der Waals surface area contributed by atoms with E-state index < -0.39 is 21.1 Å². The second-order valence-corrected chi connectivity index (χ2v) is 12.9. The van der Waals surface area contributed by atoms with Gasteiger partial charge in [-0.25, -0.2) is 28.3 Å². The summed E-state index contributed by atoms with van der Waals surface area (Å²) in [6.07, 6.45) is 7.17. The lowest BCUT2D eigenvalue weighted by molar-refractivity contribution is 0.00712. The lowest BCUT2D eigenvalue weighted by Gasteiger charge is -2.34. The van der Waals surface area contributed by atoms with E-state index in [4.69, 9.17) is 9.47 Å². The fourth-order valence-electron chi connectivity index (χ4n) is 4.16. The van der Waals surface area contributed by atoms with Crippen molar-refractivity contribution >= 4 is 32.4 Å². The van der Waals surface area contributed by atoms with Crippen LogP contribution in [0, 0.1) is 5.82 Å². The summed E-state index contributed by atoms with van der Waals surface area (Å²) >= 11 is 0. The van der Waals surface area contributed by atoms with E-state index in [0.29, 0.717) is 30.2 Å². The summed E-state index contributed by atoms with van der Waals surface area (Å²) in [6, 6.07) is 6.49. The van der Waals surface area contributed by atoms with E-state index >= 15 is 4.39 Å². The molecule has 1 aliphatic rings. The van der Waals surface area contributed by atoms with Crippen molar-refractivity contribution in [2.45, 2.75) is 51.7 Å². The van der Waals surface area contributed by atoms with Crippen molar-refractivity contribution in [2.75, 3.05) is 25.6 Å². The second kappa shape index (κ2) is 10.6. The summed E-state index contributed by atoms with van der Waals surface area (Å²) < 4.78 is 43.1. The standard InChI is InChI=1S/C26H32FN5O4S/c1-26(2,3)36-25(33)32-11-7-9-19(15-32)35-24-17(8-6-10-28-24)12-21-23-20(27)13-18(31-37(4,5)34)14-22(23)30-16-29-21/h6,8,10,13-14,16,19H,7,9,11-12,15H2,1-5H3/t19-/m1/s1. The Balaban J connectivity index is 1.57. The van der Waals surface area contributed by atoms with Crippen LogP contribution in [0.25, 0.3) is 10.9 Å². The number of nitrogens with zero attached hydrogens (tertiary/aromatic N) is 5. The topological polar surface area (TPSA) is 107 Å². The molecule has 0 N–H and O–H groups in total. The van der Waals surface area contributed by atoms with Crippen LogP contribution in [0.5, 0.6) is 5.88 Å². The number of benzene rings is 1. The Morgan fingerprint density at radius 3 is 2.76 bits per heavy atom. The molecule has 9 nitrogen and oxygen atoms in total. The van der Waals surface area contributed by atoms with Crippen LogP contribution in [0.3, 0.4) is 0 Å². The first kappa shape index (κ1) is 26.7. The molecular formula is C26H32FN5O4S. The molecule has 2 aromatic heterocycles. The van der Waals surface area contributed by atoms with E-state index in [2.05, 4.69) is 19.3 Å². The van der Waals surface area contributed by atoms with Crippen LogP contribution in [-0.2, 0) is 20.9 Å². The highest BCUT2D eigenvalue weighted by Crippen LogP contribution is 2.29. The first-order chi connectivity index (χ1) is 17.4. The molecule has 1 atom stereocenters. The average molecular weight is 530 g/mol. The van der Waals surface area contributed by atoms with E-state index in [9.17, 15) is 9.00 Å². The van der Waals surface area contributed by atoms with Crippen molar-refractivity contribution in [3.05, 3.63) is 53.9 Å². The maximum atomic E-state index is 15.2. The molecule has 1 fully saturated rings. The summed E-state index contributed by atoms with van der Waals surface area (Å²) in [5.74, 6) is -0.129. The van der Waals surface area contributed by atoms with Crippen molar-refractivity contribution in [3.63, 3.8) is 0 Å². The number of carbonyl (C=O) groups excluding carboxylic acids is 1. The van der Waals surface area contributed by atoms with Gasteiger partial charge in [-0.1, -0.05) is 6.07 Å². The minimum Gasteiger partial charge on any atom is -0.472 e. The molecule has 3 heterocycles. The number of aromatic nitrogens is 3. The lowest BCUT2D eigenvalue weighted by atomic mass is 10.1. The summed E-state index contributed by atoms with van der Waals surface area (Å²) in [7, 11) is -2.45. The molecule has 1 aromatic carbocycles. The highest BCUT2D eigenvalue weighted by molar-refractivity contribution is 7.92. The number of halogens is 1. The summed E-state index contributed by atoms with van der Waals surface area (Å²) in [5, 5.41) is 0.267. The minimum absolute atomic E-state index is 0.254. The first-order valence-electron chi connectivity index (χ1n) is 12.1. The Labute approximate surface area is 216 Å². The second-order valence-electron chi connectivity index (χ2n) is 10.4. The van der Waals surface area contributed by atoms with Crippen LogP contribution in [0.2, 0.25) is 0 Å². The molecule has 198 valence electrons. The molecule has 0 unspecified atom stereocenters. The van der Waals surface area contributed by atoms with Gasteiger partial charge in [0.25, 0.3) is 0 Å². The number of likely N-dealkylation sites (tertiary alicyclic amines) is 1. The number of piperidine rings is 1. The quantitative estimate of drug-likeness (QED) is 0.463. The summed E-state index contributed by atoms with van der Waals surface area (Å²) in [4.78, 5) is 27.1. The van der Waals surface area contributed by atoms with Gasteiger partial charge in [-0.2, -0.15) is 4.36 Å². The normalized spacial score (nSPS) is 16.5. The van der Waals surface area contributed by atoms with Crippen LogP contribution >= 0.6 is 0 Å². The highest BCUT2D eigenvalue weighted by atomic mass is 32.2. The third-order valence-corrected chi connectivity index (χ3v) is 6.24. The fourth-order valence-corrected chi connectivity index (χ4v) is 4.77. The van der Waals surface area contributed by atoms with Crippen molar-refractivity contribution in [1.82, 2.24) is 19.9 Å². The molecule has 0 radical (unpaired) electrons. The molecular weight excluding hydrogens is 497 g/mol. The van der Waals surface area contributed by atoms with Gasteiger partial charge in [0, 0.05) is 53.0 Å². The van der Waals surface area contributed by atoms with E-state index in [1.165, 1.54) is 24.9 Å². The Morgan fingerprint density at radius 1 is 1.24 bits per heavy atom. The zero-order chi connectivity index (χ0) is 26.8. The fraction of sp³-hybridized carbons (Fsp3) is 0.462. The molecule has 0 bridgehead atoms. The molecule has 37 heavy (non-hydrogen) atoms. The van der Waals surface area contributed by atoms with Gasteiger partial charge in [-0.15, -0.1) is 0 Å². The smallest absolute Gasteiger partial charge is 0.410 e. The monoisotopic (exact) mass is 529 g/mol. The molecule has 1 saturated heterocycles. The minimum atomic E-state index is -2.45. The largest absolute Gasteiger partial charge is 0.472 e. The van der Waals surface area contributed by atoms with Crippen molar-refractivity contribution < 1.29 is 22.9 Å². The van der Waals surface area contributed by atoms with Crippen LogP contribution in [-0.4, -0.2) is 67.5 Å². The Kier molecular flexibility index (Phi) is 7.63. The molecule has 0 spiro atoms. The molecule has 4 rings (SSSR count). The number of amides is 1. The van der Waals surface area contributed by atoms with Crippen LogP contribution in [0.15, 0.2) is 41.2 Å². The van der Waals surface area contributed by atoms with Gasteiger partial charge in [0.1, 0.15) is 23.8 Å². The van der Waals surface area contributed by atoms with Crippen LogP contribution < -0.4 is 4.74 Å². The van der Waals surface area contributed by atoms with E-state index in [1.54, 1.807) is 23.2 Å². The lowest BCUT2D eigenvalue weighted by Crippen LogP contribution is -2.46. The number of fused-ring (bicyclic) bond motifs is 1. The SMILES string of the molecule is CC(C)(C)OC(=O)N1CCC[C@@H](Oc2ncccc2Cc2ncnc3cc(N=S(C)(C)=O)cc(F)c23)C1. The number of hydrogen-bond donors (Lipinski definition) is 0. The Bertz CT molecular complexity index is 1420. The van der Waals surface area contributed by atoms with Crippen molar-refractivity contribution in [1.29, 1.82) is 0 Å². The number of carbonyl (C=O) groups is 1.